The van der Waals surface area contributed by atoms with Crippen LogP contribution >= 0.6 is 0 Å². The minimum absolute atomic E-state index is 0.680. The van der Waals surface area contributed by atoms with Gasteiger partial charge >= 0.3 is 115 Å². The molecule has 0 aliphatic rings. The first-order chi connectivity index (χ1) is 8.04. The maximum absolute atomic E-state index is 2.54. The molecule has 1 aromatic carbocycles. The molecule has 0 bridgehead atoms. The maximum atomic E-state index is 2.54. The van der Waals surface area contributed by atoms with Crippen LogP contribution in [0, 0.1) is 0 Å². The van der Waals surface area contributed by atoms with Gasteiger partial charge in [0.1, 0.15) is 0 Å². The molecule has 0 amide bonds. The molecular formula is C15H26SeSi. The summed E-state index contributed by atoms with van der Waals surface area (Å²) < 4.78 is 2.59. The molecule has 0 radical (unpaired) electrons. The van der Waals surface area contributed by atoms with Crippen molar-refractivity contribution in [2.45, 2.75) is 56.7 Å². The quantitative estimate of drug-likeness (QED) is 0.521. The third kappa shape index (κ3) is 5.90. The van der Waals surface area contributed by atoms with Gasteiger partial charge in [-0.15, -0.1) is 0 Å². The van der Waals surface area contributed by atoms with Crippen molar-refractivity contribution in [3.05, 3.63) is 30.3 Å². The van der Waals surface area contributed by atoms with Crippen molar-refractivity contribution in [2.24, 2.45) is 0 Å². The first kappa shape index (κ1) is 15.0. The molecule has 17 heavy (non-hydrogen) atoms. The van der Waals surface area contributed by atoms with E-state index in [9.17, 15) is 0 Å². The molecular weight excluding hydrogens is 287 g/mol. The molecule has 0 spiro atoms. The summed E-state index contributed by atoms with van der Waals surface area (Å²) in [6.45, 7) is 9.91. The first-order valence-corrected chi connectivity index (χ1v) is 12.2. The molecule has 0 aliphatic carbocycles. The second kappa shape index (κ2) is 7.40. The van der Waals surface area contributed by atoms with Crippen LogP contribution in [0.2, 0.25) is 24.1 Å². The molecule has 0 N–H and O–H groups in total. The molecule has 0 saturated heterocycles. The fourth-order valence-corrected chi connectivity index (χ4v) is 8.21. The molecule has 0 aromatic heterocycles. The van der Waals surface area contributed by atoms with Crippen molar-refractivity contribution in [3.63, 3.8) is 0 Å². The molecule has 1 rings (SSSR count). The average Bonchev–Trinajstić information content (AvgIpc) is 2.28. The predicted molar refractivity (Wildman–Crippen MR) is 83.1 cm³/mol. The Morgan fingerprint density at radius 1 is 1.06 bits per heavy atom. The van der Waals surface area contributed by atoms with E-state index >= 15 is 0 Å². The zero-order valence-corrected chi connectivity index (χ0v) is 14.4. The van der Waals surface area contributed by atoms with E-state index in [1.54, 1.807) is 4.46 Å². The number of hydrogen-bond donors (Lipinski definition) is 0. The topological polar surface area (TPSA) is 0 Å². The van der Waals surface area contributed by atoms with Gasteiger partial charge in [-0.25, -0.2) is 0 Å². The van der Waals surface area contributed by atoms with Gasteiger partial charge in [0.2, 0.25) is 0 Å². The Labute approximate surface area is 114 Å². The molecule has 0 saturated carbocycles. The van der Waals surface area contributed by atoms with Gasteiger partial charge in [-0.05, 0) is 0 Å². The molecule has 1 atom stereocenters. The van der Waals surface area contributed by atoms with Crippen molar-refractivity contribution in [3.8, 4) is 0 Å². The van der Waals surface area contributed by atoms with Crippen LogP contribution in [-0.4, -0.2) is 23.0 Å². The molecule has 0 heterocycles. The third-order valence-corrected chi connectivity index (χ3v) is 12.6. The van der Waals surface area contributed by atoms with Crippen molar-refractivity contribution >= 4 is 27.5 Å². The van der Waals surface area contributed by atoms with Crippen molar-refractivity contribution in [1.29, 1.82) is 0 Å². The van der Waals surface area contributed by atoms with Crippen LogP contribution in [0.25, 0.3) is 0 Å². The van der Waals surface area contributed by atoms with Crippen LogP contribution in [0.15, 0.2) is 30.3 Å². The Balaban J connectivity index is 2.58. The molecule has 1 aromatic rings. The second-order valence-electron chi connectivity index (χ2n) is 5.78. The van der Waals surface area contributed by atoms with Gasteiger partial charge in [0.05, 0.1) is 0 Å². The Hall–Kier alpha value is -0.0436. The predicted octanol–water partition coefficient (Wildman–Crippen LogP) is 4.26. The van der Waals surface area contributed by atoms with Crippen molar-refractivity contribution < 1.29 is 0 Å². The summed E-state index contributed by atoms with van der Waals surface area (Å²) in [6, 6.07) is 11.1. The van der Waals surface area contributed by atoms with Gasteiger partial charge in [0.15, 0.2) is 0 Å². The fraction of sp³-hybridized carbons (Fsp3) is 0.600. The van der Waals surface area contributed by atoms with Crippen molar-refractivity contribution in [2.75, 3.05) is 0 Å². The van der Waals surface area contributed by atoms with E-state index in [1.807, 2.05) is 0 Å². The Morgan fingerprint density at radius 2 is 1.71 bits per heavy atom. The number of hydrogen-bond acceptors (Lipinski definition) is 0. The molecule has 0 nitrogen and oxygen atoms in total. The van der Waals surface area contributed by atoms with E-state index in [-0.39, 0.29) is 0 Å². The Morgan fingerprint density at radius 3 is 2.24 bits per heavy atom. The molecule has 1 unspecified atom stereocenters. The fourth-order valence-electron chi connectivity index (χ4n) is 1.91. The third-order valence-electron chi connectivity index (χ3n) is 3.06. The second-order valence-corrected chi connectivity index (χ2v) is 14.8. The van der Waals surface area contributed by atoms with E-state index in [2.05, 4.69) is 56.9 Å². The summed E-state index contributed by atoms with van der Waals surface area (Å²) in [5.74, 6) is 0. The summed E-state index contributed by atoms with van der Waals surface area (Å²) in [5, 5.41) is 0. The van der Waals surface area contributed by atoms with Gasteiger partial charge in [0.25, 0.3) is 0 Å². The van der Waals surface area contributed by atoms with Crippen LogP contribution in [0.3, 0.4) is 0 Å². The molecule has 96 valence electrons. The summed E-state index contributed by atoms with van der Waals surface area (Å²) in [5.41, 5.74) is 0. The van der Waals surface area contributed by atoms with Crippen LogP contribution in [0.5, 0.6) is 0 Å². The van der Waals surface area contributed by atoms with E-state index in [0.29, 0.717) is 15.0 Å². The van der Waals surface area contributed by atoms with Crippen LogP contribution in [-0.2, 0) is 0 Å². The van der Waals surface area contributed by atoms with Crippen LogP contribution < -0.4 is 4.46 Å². The first-order valence-electron chi connectivity index (χ1n) is 6.75. The van der Waals surface area contributed by atoms with E-state index < -0.39 is 8.07 Å². The number of unbranched alkanes of at least 4 members (excludes halogenated alkanes) is 2. The van der Waals surface area contributed by atoms with Gasteiger partial charge in [-0.2, -0.15) is 0 Å². The van der Waals surface area contributed by atoms with E-state index in [1.165, 1.54) is 25.7 Å². The van der Waals surface area contributed by atoms with Gasteiger partial charge in [-0.3, -0.25) is 0 Å². The van der Waals surface area contributed by atoms with Gasteiger partial charge in [-0.1, -0.05) is 0 Å². The van der Waals surface area contributed by atoms with Gasteiger partial charge in [0, 0.05) is 0 Å². The molecule has 0 fully saturated rings. The zero-order valence-electron chi connectivity index (χ0n) is 11.7. The number of rotatable bonds is 7. The normalized spacial score (nSPS) is 13.6. The molecule has 0 aliphatic heterocycles. The van der Waals surface area contributed by atoms with Crippen LogP contribution in [0.1, 0.15) is 32.6 Å². The summed E-state index contributed by atoms with van der Waals surface area (Å²) in [6.07, 6.45) is 5.64. The molecule has 2 heteroatoms. The van der Waals surface area contributed by atoms with E-state index in [0.717, 1.165) is 4.44 Å². The standard InChI is InChI=1S/C15H26SeSi/c1-5-6-8-13-15(17(2,3)4)16-14-11-9-7-10-12-14/h7,9-12,15H,5-6,8,13H2,1-4H3. The zero-order chi connectivity index (χ0) is 12.7. The Bertz CT molecular complexity index is 302. The van der Waals surface area contributed by atoms with E-state index in [4.69, 9.17) is 0 Å². The monoisotopic (exact) mass is 314 g/mol. The summed E-state index contributed by atoms with van der Waals surface area (Å²) in [4.78, 5) is 0. The summed E-state index contributed by atoms with van der Waals surface area (Å²) in [7, 11) is -0.992. The SMILES string of the molecule is CCCCCC([Se]c1ccccc1)[Si](C)(C)C. The minimum atomic E-state index is -0.992. The van der Waals surface area contributed by atoms with Crippen molar-refractivity contribution in [1.82, 2.24) is 0 Å². The van der Waals surface area contributed by atoms with Crippen LogP contribution in [0.4, 0.5) is 0 Å². The number of benzene rings is 1. The average molecular weight is 313 g/mol. The van der Waals surface area contributed by atoms with Gasteiger partial charge < -0.3 is 0 Å². The Kier molecular flexibility index (Phi) is 6.54. The summed E-state index contributed by atoms with van der Waals surface area (Å²) >= 11 is 0.680.